The van der Waals surface area contributed by atoms with E-state index >= 15 is 0 Å². The van der Waals surface area contributed by atoms with Crippen molar-refractivity contribution in [3.8, 4) is 0 Å². The molecule has 0 heterocycles. The Bertz CT molecular complexity index is 46.0. The fourth-order valence-electron chi connectivity index (χ4n) is 0.0668. The van der Waals surface area contributed by atoms with Crippen LogP contribution >= 0.6 is 15.9 Å². The number of rotatable bonds is 2. The molecule has 0 bridgehead atoms. The van der Waals surface area contributed by atoms with Gasteiger partial charge in [-0.2, -0.15) is 0 Å². The van der Waals surface area contributed by atoms with Gasteiger partial charge in [-0.25, -0.2) is 0 Å². The maximum Gasteiger partial charge on any atom is 0.0218 e. The van der Waals surface area contributed by atoms with Crippen molar-refractivity contribution in [3.05, 3.63) is 0 Å². The standard InChI is InChI=1S/C5H12BrN/c1-5(2,4-6)7-3/h7H,4H2,1-3H3. The fraction of sp³-hybridized carbons (Fsp3) is 1.00. The van der Waals surface area contributed by atoms with Gasteiger partial charge < -0.3 is 5.32 Å². The molecule has 0 aliphatic carbocycles. The summed E-state index contributed by atoms with van der Waals surface area (Å²) in [5.41, 5.74) is 0.250. The Morgan fingerprint density at radius 2 is 2.00 bits per heavy atom. The summed E-state index contributed by atoms with van der Waals surface area (Å²) in [6, 6.07) is 0. The molecule has 0 amide bonds. The largest absolute Gasteiger partial charge is 0.314 e. The second kappa shape index (κ2) is 2.68. The van der Waals surface area contributed by atoms with Crippen LogP contribution < -0.4 is 5.32 Å². The quantitative estimate of drug-likeness (QED) is 0.611. The molecule has 0 fully saturated rings. The molecule has 0 saturated carbocycles. The SMILES string of the molecule is CNC(C)(C)CBr. The Hall–Kier alpha value is 0.440. The molecule has 1 nitrogen and oxygen atoms in total. The Labute approximate surface area is 53.6 Å². The lowest BCUT2D eigenvalue weighted by Crippen LogP contribution is -2.37. The monoisotopic (exact) mass is 165 g/mol. The van der Waals surface area contributed by atoms with Crippen molar-refractivity contribution in [2.45, 2.75) is 19.4 Å². The normalized spacial score (nSPS) is 12.0. The molecule has 0 spiro atoms. The zero-order valence-electron chi connectivity index (χ0n) is 5.09. The molecule has 44 valence electrons. The molecule has 0 rings (SSSR count). The van der Waals surface area contributed by atoms with Crippen molar-refractivity contribution >= 4 is 15.9 Å². The third kappa shape index (κ3) is 3.06. The molecule has 0 unspecified atom stereocenters. The van der Waals surface area contributed by atoms with Gasteiger partial charge in [-0.15, -0.1) is 0 Å². The Morgan fingerprint density at radius 3 is 2.00 bits per heavy atom. The molecule has 1 N–H and O–H groups in total. The Morgan fingerprint density at radius 1 is 1.57 bits per heavy atom. The van der Waals surface area contributed by atoms with Crippen LogP contribution in [0.15, 0.2) is 0 Å². The minimum atomic E-state index is 0.250. The van der Waals surface area contributed by atoms with Gasteiger partial charge in [0.15, 0.2) is 0 Å². The van der Waals surface area contributed by atoms with Crippen molar-refractivity contribution in [1.29, 1.82) is 0 Å². The summed E-state index contributed by atoms with van der Waals surface area (Å²) < 4.78 is 0. The molecule has 0 aliphatic rings. The molecule has 0 atom stereocenters. The molecule has 0 aromatic heterocycles. The van der Waals surface area contributed by atoms with E-state index in [1.807, 2.05) is 7.05 Å². The average molecular weight is 166 g/mol. The highest BCUT2D eigenvalue weighted by atomic mass is 79.9. The van der Waals surface area contributed by atoms with Crippen molar-refractivity contribution in [3.63, 3.8) is 0 Å². The third-order valence-electron chi connectivity index (χ3n) is 1.01. The van der Waals surface area contributed by atoms with Gasteiger partial charge >= 0.3 is 0 Å². The summed E-state index contributed by atoms with van der Waals surface area (Å²) in [4.78, 5) is 0. The van der Waals surface area contributed by atoms with E-state index in [0.717, 1.165) is 5.33 Å². The van der Waals surface area contributed by atoms with Gasteiger partial charge in [0.2, 0.25) is 0 Å². The topological polar surface area (TPSA) is 12.0 Å². The highest BCUT2D eigenvalue weighted by molar-refractivity contribution is 9.09. The summed E-state index contributed by atoms with van der Waals surface area (Å²) in [5.74, 6) is 0. The molecule has 0 aliphatic heterocycles. The lowest BCUT2D eigenvalue weighted by Gasteiger charge is -2.19. The highest BCUT2D eigenvalue weighted by Gasteiger charge is 2.10. The molecule has 0 radical (unpaired) electrons. The first-order valence-corrected chi connectivity index (χ1v) is 3.49. The van der Waals surface area contributed by atoms with Crippen molar-refractivity contribution in [2.75, 3.05) is 12.4 Å². The molecule has 7 heavy (non-hydrogen) atoms. The molecular weight excluding hydrogens is 154 g/mol. The van der Waals surface area contributed by atoms with Crippen LogP contribution in [0.25, 0.3) is 0 Å². The van der Waals surface area contributed by atoms with Crippen LogP contribution in [0.2, 0.25) is 0 Å². The van der Waals surface area contributed by atoms with E-state index in [2.05, 4.69) is 35.1 Å². The van der Waals surface area contributed by atoms with E-state index in [0.29, 0.717) is 0 Å². The zero-order valence-corrected chi connectivity index (χ0v) is 6.67. The number of hydrogen-bond donors (Lipinski definition) is 1. The van der Waals surface area contributed by atoms with E-state index in [1.54, 1.807) is 0 Å². The predicted octanol–water partition coefficient (Wildman–Crippen LogP) is 1.38. The number of halogens is 1. The Balaban J connectivity index is 3.36. The Kier molecular flexibility index (Phi) is 2.84. The van der Waals surface area contributed by atoms with E-state index < -0.39 is 0 Å². The minimum absolute atomic E-state index is 0.250. The van der Waals surface area contributed by atoms with Crippen LogP contribution in [0, 0.1) is 0 Å². The summed E-state index contributed by atoms with van der Waals surface area (Å²) in [6.07, 6.45) is 0. The van der Waals surface area contributed by atoms with Crippen LogP contribution in [0.5, 0.6) is 0 Å². The number of nitrogens with one attached hydrogen (secondary N) is 1. The first-order chi connectivity index (χ1) is 3.12. The van der Waals surface area contributed by atoms with Gasteiger partial charge in [0.05, 0.1) is 0 Å². The summed E-state index contributed by atoms with van der Waals surface area (Å²) in [7, 11) is 1.96. The van der Waals surface area contributed by atoms with Gasteiger partial charge in [-0.3, -0.25) is 0 Å². The van der Waals surface area contributed by atoms with Gasteiger partial charge in [0.1, 0.15) is 0 Å². The summed E-state index contributed by atoms with van der Waals surface area (Å²) in [5, 5.41) is 4.14. The predicted molar refractivity (Wildman–Crippen MR) is 36.9 cm³/mol. The van der Waals surface area contributed by atoms with E-state index in [1.165, 1.54) is 0 Å². The van der Waals surface area contributed by atoms with Gasteiger partial charge in [0.25, 0.3) is 0 Å². The zero-order chi connectivity index (χ0) is 5.91. The highest BCUT2D eigenvalue weighted by Crippen LogP contribution is 2.03. The average Bonchev–Trinajstić information content (AvgIpc) is 1.68. The van der Waals surface area contributed by atoms with Gasteiger partial charge in [0, 0.05) is 10.9 Å². The summed E-state index contributed by atoms with van der Waals surface area (Å²) in [6.45, 7) is 4.28. The first-order valence-electron chi connectivity index (χ1n) is 2.37. The van der Waals surface area contributed by atoms with Gasteiger partial charge in [-0.05, 0) is 20.9 Å². The summed E-state index contributed by atoms with van der Waals surface area (Å²) >= 11 is 3.37. The maximum atomic E-state index is 3.37. The third-order valence-corrected chi connectivity index (χ3v) is 2.41. The lowest BCUT2D eigenvalue weighted by atomic mass is 10.1. The molecular formula is C5H12BrN. The molecule has 0 aromatic carbocycles. The number of alkyl halides is 1. The molecule has 0 saturated heterocycles. The van der Waals surface area contributed by atoms with Crippen molar-refractivity contribution < 1.29 is 0 Å². The van der Waals surface area contributed by atoms with Crippen molar-refractivity contribution in [2.24, 2.45) is 0 Å². The maximum absolute atomic E-state index is 3.37. The second-order valence-corrected chi connectivity index (χ2v) is 2.83. The van der Waals surface area contributed by atoms with Crippen LogP contribution in [0.3, 0.4) is 0 Å². The van der Waals surface area contributed by atoms with Crippen LogP contribution in [0.1, 0.15) is 13.8 Å². The van der Waals surface area contributed by atoms with Crippen LogP contribution in [-0.2, 0) is 0 Å². The minimum Gasteiger partial charge on any atom is -0.314 e. The molecule has 0 aromatic rings. The second-order valence-electron chi connectivity index (χ2n) is 2.27. The van der Waals surface area contributed by atoms with E-state index in [4.69, 9.17) is 0 Å². The lowest BCUT2D eigenvalue weighted by molar-refractivity contribution is 0.481. The van der Waals surface area contributed by atoms with Crippen molar-refractivity contribution in [1.82, 2.24) is 5.32 Å². The van der Waals surface area contributed by atoms with Gasteiger partial charge in [-0.1, -0.05) is 15.9 Å². The van der Waals surface area contributed by atoms with E-state index in [9.17, 15) is 0 Å². The van der Waals surface area contributed by atoms with Crippen LogP contribution in [0.4, 0.5) is 0 Å². The molecule has 2 heteroatoms. The fourth-order valence-corrected chi connectivity index (χ4v) is 0.347. The smallest absolute Gasteiger partial charge is 0.0218 e. The van der Waals surface area contributed by atoms with E-state index in [-0.39, 0.29) is 5.54 Å². The first kappa shape index (κ1) is 7.44. The number of hydrogen-bond acceptors (Lipinski definition) is 1. The van der Waals surface area contributed by atoms with Crippen LogP contribution in [-0.4, -0.2) is 17.9 Å².